The van der Waals surface area contributed by atoms with Crippen molar-refractivity contribution in [2.24, 2.45) is 0 Å². The second-order valence-corrected chi connectivity index (χ2v) is 8.44. The van der Waals surface area contributed by atoms with Crippen LogP contribution in [0, 0.1) is 0 Å². The average Bonchev–Trinajstić information content (AvgIpc) is 3.45. The first-order valence-corrected chi connectivity index (χ1v) is 11.7. The number of hydrogen-bond acceptors (Lipinski definition) is 6. The molecule has 1 N–H and O–H groups in total. The quantitative estimate of drug-likeness (QED) is 0.362. The van der Waals surface area contributed by atoms with E-state index in [1.807, 2.05) is 66.2 Å². The highest BCUT2D eigenvalue weighted by Crippen LogP contribution is 2.28. The van der Waals surface area contributed by atoms with Gasteiger partial charge in [0.1, 0.15) is 5.75 Å². The van der Waals surface area contributed by atoms with Gasteiger partial charge in [-0.2, -0.15) is 0 Å². The lowest BCUT2D eigenvalue weighted by molar-refractivity contribution is -0.113. The van der Waals surface area contributed by atoms with Gasteiger partial charge < -0.3 is 14.6 Å². The molecule has 0 saturated heterocycles. The Hall–Kier alpha value is -3.10. The van der Waals surface area contributed by atoms with E-state index in [-0.39, 0.29) is 11.7 Å². The standard InChI is InChI=1S/C23H22N4O2S2/c1-3-27-20(17-9-11-18(29-2)12-10-17)13-24-23(27)31-15-21(28)26-22-25-19(14-30-22)16-7-5-4-6-8-16/h4-14H,3,15H2,1-2H3,(H,25,26,28). The van der Waals surface area contributed by atoms with Crippen LogP contribution in [0.1, 0.15) is 6.92 Å². The number of carbonyl (C=O) groups excluding carboxylic acids is 1. The minimum absolute atomic E-state index is 0.101. The summed E-state index contributed by atoms with van der Waals surface area (Å²) in [6, 6.07) is 17.8. The predicted molar refractivity (Wildman–Crippen MR) is 127 cm³/mol. The highest BCUT2D eigenvalue weighted by atomic mass is 32.2. The van der Waals surface area contributed by atoms with E-state index in [0.29, 0.717) is 5.13 Å². The van der Waals surface area contributed by atoms with Gasteiger partial charge in [0.2, 0.25) is 5.91 Å². The average molecular weight is 451 g/mol. The zero-order chi connectivity index (χ0) is 21.6. The third-order valence-corrected chi connectivity index (χ3v) is 6.42. The van der Waals surface area contributed by atoms with Crippen molar-refractivity contribution in [3.05, 3.63) is 66.2 Å². The SMILES string of the molecule is CCn1c(-c2ccc(OC)cc2)cnc1SCC(=O)Nc1nc(-c2ccccc2)cs1. The number of imidazole rings is 1. The lowest BCUT2D eigenvalue weighted by Crippen LogP contribution is -2.14. The second kappa shape index (κ2) is 9.80. The molecule has 0 spiro atoms. The van der Waals surface area contributed by atoms with Crippen LogP contribution in [0.5, 0.6) is 5.75 Å². The number of anilines is 1. The van der Waals surface area contributed by atoms with E-state index in [1.54, 1.807) is 7.11 Å². The first-order valence-electron chi connectivity index (χ1n) is 9.81. The van der Waals surface area contributed by atoms with Crippen LogP contribution in [0.25, 0.3) is 22.5 Å². The summed E-state index contributed by atoms with van der Waals surface area (Å²) in [4.78, 5) is 21.5. The van der Waals surface area contributed by atoms with Crippen molar-refractivity contribution in [3.63, 3.8) is 0 Å². The zero-order valence-corrected chi connectivity index (χ0v) is 18.9. The van der Waals surface area contributed by atoms with Crippen LogP contribution in [-0.2, 0) is 11.3 Å². The number of amides is 1. The molecule has 0 radical (unpaired) electrons. The Morgan fingerprint density at radius 3 is 2.61 bits per heavy atom. The van der Waals surface area contributed by atoms with Gasteiger partial charge in [-0.1, -0.05) is 42.1 Å². The maximum absolute atomic E-state index is 12.5. The molecule has 1 amide bonds. The molecule has 4 aromatic rings. The summed E-state index contributed by atoms with van der Waals surface area (Å²) in [6.45, 7) is 2.83. The maximum Gasteiger partial charge on any atom is 0.236 e. The van der Waals surface area contributed by atoms with Gasteiger partial charge in [0.05, 0.1) is 30.4 Å². The van der Waals surface area contributed by atoms with Crippen molar-refractivity contribution in [1.82, 2.24) is 14.5 Å². The number of carbonyl (C=O) groups is 1. The zero-order valence-electron chi connectivity index (χ0n) is 17.2. The van der Waals surface area contributed by atoms with E-state index >= 15 is 0 Å². The topological polar surface area (TPSA) is 69.0 Å². The van der Waals surface area contributed by atoms with Crippen molar-refractivity contribution >= 4 is 34.1 Å². The number of nitrogens with one attached hydrogen (secondary N) is 1. The summed E-state index contributed by atoms with van der Waals surface area (Å²) < 4.78 is 7.34. The second-order valence-electron chi connectivity index (χ2n) is 6.64. The molecule has 6 nitrogen and oxygen atoms in total. The minimum atomic E-state index is -0.101. The molecule has 31 heavy (non-hydrogen) atoms. The van der Waals surface area contributed by atoms with Gasteiger partial charge in [-0.05, 0) is 31.2 Å². The molecule has 0 atom stereocenters. The largest absolute Gasteiger partial charge is 0.497 e. The first kappa shape index (κ1) is 21.1. The molecule has 0 saturated carbocycles. The van der Waals surface area contributed by atoms with Gasteiger partial charge in [-0.15, -0.1) is 11.3 Å². The highest BCUT2D eigenvalue weighted by molar-refractivity contribution is 7.99. The number of ether oxygens (including phenoxy) is 1. The third-order valence-electron chi connectivity index (χ3n) is 4.67. The van der Waals surface area contributed by atoms with Gasteiger partial charge in [-0.3, -0.25) is 4.79 Å². The van der Waals surface area contributed by atoms with E-state index in [4.69, 9.17) is 4.74 Å². The van der Waals surface area contributed by atoms with E-state index < -0.39 is 0 Å². The summed E-state index contributed by atoms with van der Waals surface area (Å²) in [5.74, 6) is 0.977. The van der Waals surface area contributed by atoms with Crippen molar-refractivity contribution in [2.75, 3.05) is 18.2 Å². The van der Waals surface area contributed by atoms with Gasteiger partial charge >= 0.3 is 0 Å². The van der Waals surface area contributed by atoms with E-state index in [9.17, 15) is 4.79 Å². The van der Waals surface area contributed by atoms with Crippen molar-refractivity contribution < 1.29 is 9.53 Å². The van der Waals surface area contributed by atoms with Crippen molar-refractivity contribution in [1.29, 1.82) is 0 Å². The van der Waals surface area contributed by atoms with Gasteiger partial charge in [0.15, 0.2) is 10.3 Å². The molecule has 2 aromatic carbocycles. The van der Waals surface area contributed by atoms with Crippen LogP contribution in [-0.4, -0.2) is 33.3 Å². The Morgan fingerprint density at radius 2 is 1.90 bits per heavy atom. The van der Waals surface area contributed by atoms with Crippen LogP contribution in [0.3, 0.4) is 0 Å². The van der Waals surface area contributed by atoms with Crippen LogP contribution >= 0.6 is 23.1 Å². The van der Waals surface area contributed by atoms with Crippen LogP contribution in [0.2, 0.25) is 0 Å². The number of thioether (sulfide) groups is 1. The minimum Gasteiger partial charge on any atom is -0.497 e. The number of nitrogens with zero attached hydrogens (tertiary/aromatic N) is 3. The van der Waals surface area contributed by atoms with Crippen LogP contribution in [0.4, 0.5) is 5.13 Å². The predicted octanol–water partition coefficient (Wildman–Crippen LogP) is 5.43. The fourth-order valence-corrected chi connectivity index (χ4v) is 4.71. The molecule has 4 rings (SSSR count). The molecule has 158 valence electrons. The molecule has 0 aliphatic rings. The number of thiazole rings is 1. The third kappa shape index (κ3) is 4.98. The Morgan fingerprint density at radius 1 is 1.13 bits per heavy atom. The summed E-state index contributed by atoms with van der Waals surface area (Å²) in [6.07, 6.45) is 1.85. The molecule has 2 heterocycles. The lowest BCUT2D eigenvalue weighted by atomic mass is 10.1. The van der Waals surface area contributed by atoms with E-state index in [0.717, 1.165) is 40.0 Å². The first-order chi connectivity index (χ1) is 15.2. The molecule has 2 aromatic heterocycles. The monoisotopic (exact) mass is 450 g/mol. The smallest absolute Gasteiger partial charge is 0.236 e. The maximum atomic E-state index is 12.5. The summed E-state index contributed by atoms with van der Waals surface area (Å²) in [5.41, 5.74) is 3.96. The summed E-state index contributed by atoms with van der Waals surface area (Å²) >= 11 is 2.84. The van der Waals surface area contributed by atoms with Crippen LogP contribution in [0.15, 0.2) is 71.3 Å². The van der Waals surface area contributed by atoms with E-state index in [1.165, 1.54) is 23.1 Å². The Balaban J connectivity index is 1.39. The Kier molecular flexibility index (Phi) is 6.69. The number of benzene rings is 2. The van der Waals surface area contributed by atoms with Gasteiger partial charge in [-0.25, -0.2) is 9.97 Å². The number of aromatic nitrogens is 3. The van der Waals surface area contributed by atoms with Crippen molar-refractivity contribution in [3.8, 4) is 28.3 Å². The molecule has 0 unspecified atom stereocenters. The normalized spacial score (nSPS) is 10.8. The van der Waals surface area contributed by atoms with Crippen LogP contribution < -0.4 is 10.1 Å². The summed E-state index contributed by atoms with van der Waals surface area (Å²) in [7, 11) is 1.65. The molecular weight excluding hydrogens is 428 g/mol. The molecule has 0 aliphatic carbocycles. The molecular formula is C23H22N4O2S2. The van der Waals surface area contributed by atoms with Gasteiger partial charge in [0.25, 0.3) is 0 Å². The number of hydrogen-bond donors (Lipinski definition) is 1. The van der Waals surface area contributed by atoms with Crippen molar-refractivity contribution in [2.45, 2.75) is 18.6 Å². The molecule has 0 fully saturated rings. The highest BCUT2D eigenvalue weighted by Gasteiger charge is 2.14. The molecule has 8 heteroatoms. The fourth-order valence-electron chi connectivity index (χ4n) is 3.13. The number of methoxy groups -OCH3 is 1. The fraction of sp³-hybridized carbons (Fsp3) is 0.174. The molecule has 0 bridgehead atoms. The van der Waals surface area contributed by atoms with E-state index in [2.05, 4.69) is 26.8 Å². The number of rotatable bonds is 8. The summed E-state index contributed by atoms with van der Waals surface area (Å²) in [5, 5.41) is 6.25. The lowest BCUT2D eigenvalue weighted by Gasteiger charge is -2.09. The van der Waals surface area contributed by atoms with Gasteiger partial charge in [0, 0.05) is 23.1 Å². The Labute approximate surface area is 189 Å². The Bertz CT molecular complexity index is 1150. The molecule has 0 aliphatic heterocycles.